The topological polar surface area (TPSA) is 117 Å². The van der Waals surface area contributed by atoms with E-state index in [9.17, 15) is 14.7 Å². The van der Waals surface area contributed by atoms with Crippen LogP contribution in [0.4, 0.5) is 10.5 Å². The van der Waals surface area contributed by atoms with Gasteiger partial charge in [0.2, 0.25) is 0 Å². The number of phenolic OH excluding ortho intramolecular Hbond substituents is 1. The van der Waals surface area contributed by atoms with Gasteiger partial charge in [0, 0.05) is 11.9 Å². The van der Waals surface area contributed by atoms with Gasteiger partial charge in [0.05, 0.1) is 29.9 Å². The summed E-state index contributed by atoms with van der Waals surface area (Å²) in [5.74, 6) is -0.192. The molecule has 0 bridgehead atoms. The first-order valence-corrected chi connectivity index (χ1v) is 10.1. The van der Waals surface area contributed by atoms with Gasteiger partial charge in [-0.15, -0.1) is 0 Å². The van der Waals surface area contributed by atoms with E-state index in [2.05, 4.69) is 10.6 Å². The maximum Gasteiger partial charge on any atom is 0.411 e. The summed E-state index contributed by atoms with van der Waals surface area (Å²) in [6.45, 7) is 6.38. The van der Waals surface area contributed by atoms with Crippen LogP contribution in [0.25, 0.3) is 10.8 Å². The quantitative estimate of drug-likeness (QED) is 0.438. The summed E-state index contributed by atoms with van der Waals surface area (Å²) >= 11 is 0. The van der Waals surface area contributed by atoms with Gasteiger partial charge in [-0.25, -0.2) is 4.79 Å². The molecule has 0 saturated carbocycles. The fourth-order valence-corrected chi connectivity index (χ4v) is 2.84. The van der Waals surface area contributed by atoms with Crippen LogP contribution >= 0.6 is 0 Å². The lowest BCUT2D eigenvalue weighted by Gasteiger charge is -2.17. The van der Waals surface area contributed by atoms with E-state index in [4.69, 9.17) is 14.6 Å². The van der Waals surface area contributed by atoms with Gasteiger partial charge in [-0.3, -0.25) is 10.1 Å². The lowest BCUT2D eigenvalue weighted by atomic mass is 10.0. The third-order valence-corrected chi connectivity index (χ3v) is 4.29. The molecule has 0 aliphatic heterocycles. The minimum absolute atomic E-state index is 0.0110. The Hall–Kier alpha value is -3.00. The third kappa shape index (κ3) is 6.00. The highest BCUT2D eigenvalue weighted by atomic mass is 16.5. The zero-order valence-corrected chi connectivity index (χ0v) is 17.7. The van der Waals surface area contributed by atoms with Crippen LogP contribution in [0.1, 0.15) is 44.0 Å². The molecule has 2 amide bonds. The van der Waals surface area contributed by atoms with Crippen molar-refractivity contribution in [2.45, 2.75) is 33.6 Å². The van der Waals surface area contributed by atoms with Gasteiger partial charge in [-0.05, 0) is 24.5 Å². The molecule has 0 aliphatic rings. The summed E-state index contributed by atoms with van der Waals surface area (Å²) < 4.78 is 10.8. The Morgan fingerprint density at radius 3 is 2.67 bits per heavy atom. The molecule has 2 rings (SSSR count). The predicted molar refractivity (Wildman–Crippen MR) is 115 cm³/mol. The highest BCUT2D eigenvalue weighted by molar-refractivity contribution is 6.11. The van der Waals surface area contributed by atoms with Crippen molar-refractivity contribution in [3.05, 3.63) is 29.8 Å². The van der Waals surface area contributed by atoms with Gasteiger partial charge < -0.3 is 25.0 Å². The molecule has 0 radical (unpaired) electrons. The second kappa shape index (κ2) is 11.3. The Bertz CT molecular complexity index is 882. The number of rotatable bonds is 10. The molecule has 8 nitrogen and oxygen atoms in total. The molecule has 4 N–H and O–H groups in total. The van der Waals surface area contributed by atoms with E-state index in [0.717, 1.165) is 12.8 Å². The number of phenols is 1. The van der Waals surface area contributed by atoms with Crippen LogP contribution in [0.15, 0.2) is 24.3 Å². The van der Waals surface area contributed by atoms with E-state index >= 15 is 0 Å². The second-order valence-electron chi connectivity index (χ2n) is 7.30. The van der Waals surface area contributed by atoms with Gasteiger partial charge in [0.15, 0.2) is 0 Å². The van der Waals surface area contributed by atoms with E-state index in [-0.39, 0.29) is 42.8 Å². The molecule has 30 heavy (non-hydrogen) atoms. The zero-order valence-electron chi connectivity index (χ0n) is 17.7. The lowest BCUT2D eigenvalue weighted by Crippen LogP contribution is -2.24. The number of unbranched alkanes of at least 4 members (excludes halogenated alkanes) is 1. The van der Waals surface area contributed by atoms with Crippen molar-refractivity contribution < 1.29 is 29.3 Å². The Morgan fingerprint density at radius 1 is 1.23 bits per heavy atom. The summed E-state index contributed by atoms with van der Waals surface area (Å²) in [4.78, 5) is 24.7. The number of hydrogen-bond acceptors (Lipinski definition) is 6. The van der Waals surface area contributed by atoms with Crippen molar-refractivity contribution in [1.82, 2.24) is 5.32 Å². The Morgan fingerprint density at radius 2 is 2.00 bits per heavy atom. The number of anilines is 1. The largest absolute Gasteiger partial charge is 0.506 e. The molecule has 0 saturated heterocycles. The standard InChI is InChI=1S/C22H30N2O6/c1-4-5-9-23-21(27)16-12-18(29-11-10-25)19-15(20(16)26)7-6-8-17(19)24-22(28)30-13-14(2)3/h6-8,12,14,25-26H,4-5,9-11,13H2,1-3H3,(H,23,27)(H,24,28). The number of hydrogen-bond donors (Lipinski definition) is 4. The smallest absolute Gasteiger partial charge is 0.411 e. The molecule has 8 heteroatoms. The Kier molecular flexibility index (Phi) is 8.73. The van der Waals surface area contributed by atoms with Crippen LogP contribution < -0.4 is 15.4 Å². The van der Waals surface area contributed by atoms with Gasteiger partial charge >= 0.3 is 6.09 Å². The predicted octanol–water partition coefficient (Wildman–Crippen LogP) is 3.65. The van der Waals surface area contributed by atoms with Gasteiger partial charge in [-0.2, -0.15) is 0 Å². The van der Waals surface area contributed by atoms with Crippen LogP contribution in [0, 0.1) is 5.92 Å². The molecule has 2 aromatic carbocycles. The second-order valence-corrected chi connectivity index (χ2v) is 7.30. The number of aliphatic hydroxyl groups is 1. The molecule has 2 aromatic rings. The van der Waals surface area contributed by atoms with Crippen molar-refractivity contribution in [3.63, 3.8) is 0 Å². The molecule has 0 spiro atoms. The summed E-state index contributed by atoms with van der Waals surface area (Å²) in [5.41, 5.74) is 0.425. The van der Waals surface area contributed by atoms with E-state index in [1.54, 1.807) is 18.2 Å². The summed E-state index contributed by atoms with van der Waals surface area (Å²) in [6, 6.07) is 6.34. The molecule has 0 unspecified atom stereocenters. The van der Waals surface area contributed by atoms with E-state index in [1.165, 1.54) is 6.07 Å². The molecule has 0 atom stereocenters. The normalized spacial score (nSPS) is 10.8. The summed E-state index contributed by atoms with van der Waals surface area (Å²) in [6.07, 6.45) is 1.11. The van der Waals surface area contributed by atoms with Crippen LogP contribution in [0.3, 0.4) is 0 Å². The first-order chi connectivity index (χ1) is 14.4. The highest BCUT2D eigenvalue weighted by Gasteiger charge is 2.21. The maximum absolute atomic E-state index is 12.6. The number of benzene rings is 2. The van der Waals surface area contributed by atoms with Crippen molar-refractivity contribution in [3.8, 4) is 11.5 Å². The lowest BCUT2D eigenvalue weighted by molar-refractivity contribution is 0.0950. The molecule has 0 fully saturated rings. The fourth-order valence-electron chi connectivity index (χ4n) is 2.84. The van der Waals surface area contributed by atoms with Gasteiger partial charge in [0.1, 0.15) is 18.1 Å². The van der Waals surface area contributed by atoms with E-state index in [1.807, 2.05) is 20.8 Å². The number of fused-ring (bicyclic) bond motifs is 1. The van der Waals surface area contributed by atoms with Crippen molar-refractivity contribution in [2.75, 3.05) is 31.7 Å². The minimum Gasteiger partial charge on any atom is -0.506 e. The van der Waals surface area contributed by atoms with Crippen LogP contribution in [0.5, 0.6) is 11.5 Å². The van der Waals surface area contributed by atoms with E-state index in [0.29, 0.717) is 23.0 Å². The SMILES string of the molecule is CCCCNC(=O)c1cc(OCCO)c2c(NC(=O)OCC(C)C)cccc2c1O. The van der Waals surface area contributed by atoms with Crippen molar-refractivity contribution >= 4 is 28.5 Å². The Labute approximate surface area is 176 Å². The highest BCUT2D eigenvalue weighted by Crippen LogP contribution is 2.40. The number of amides is 2. The van der Waals surface area contributed by atoms with Crippen LogP contribution in [-0.4, -0.2) is 48.6 Å². The number of nitrogens with one attached hydrogen (secondary N) is 2. The van der Waals surface area contributed by atoms with Crippen molar-refractivity contribution in [1.29, 1.82) is 0 Å². The first-order valence-electron chi connectivity index (χ1n) is 10.1. The zero-order chi connectivity index (χ0) is 22.1. The minimum atomic E-state index is -0.634. The van der Waals surface area contributed by atoms with Crippen molar-refractivity contribution in [2.24, 2.45) is 5.92 Å². The number of carbonyl (C=O) groups is 2. The number of aliphatic hydroxyl groups excluding tert-OH is 1. The van der Waals surface area contributed by atoms with Crippen LogP contribution in [0.2, 0.25) is 0 Å². The first kappa shape index (κ1) is 23.3. The molecule has 0 heterocycles. The van der Waals surface area contributed by atoms with Gasteiger partial charge in [-0.1, -0.05) is 39.3 Å². The average molecular weight is 418 g/mol. The molecular weight excluding hydrogens is 388 g/mol. The molecule has 0 aliphatic carbocycles. The fraction of sp³-hybridized carbons (Fsp3) is 0.455. The molecule has 0 aromatic heterocycles. The monoisotopic (exact) mass is 418 g/mol. The average Bonchev–Trinajstić information content (AvgIpc) is 2.72. The number of ether oxygens (including phenoxy) is 2. The number of aromatic hydroxyl groups is 1. The van der Waals surface area contributed by atoms with Gasteiger partial charge in [0.25, 0.3) is 5.91 Å². The maximum atomic E-state index is 12.6. The summed E-state index contributed by atoms with van der Waals surface area (Å²) in [5, 5.41) is 26.1. The summed E-state index contributed by atoms with van der Waals surface area (Å²) in [7, 11) is 0. The van der Waals surface area contributed by atoms with Crippen LogP contribution in [-0.2, 0) is 4.74 Å². The Balaban J connectivity index is 2.46. The third-order valence-electron chi connectivity index (χ3n) is 4.29. The molecule has 164 valence electrons. The number of carbonyl (C=O) groups excluding carboxylic acids is 2. The van der Waals surface area contributed by atoms with E-state index < -0.39 is 12.0 Å². The molecular formula is C22H30N2O6.